The van der Waals surface area contributed by atoms with E-state index in [1.54, 1.807) is 0 Å². The van der Waals surface area contributed by atoms with Gasteiger partial charge in [0.15, 0.2) is 0 Å². The van der Waals surface area contributed by atoms with Crippen molar-refractivity contribution >= 4 is 45.7 Å². The highest BCUT2D eigenvalue weighted by Gasteiger charge is 2.19. The Morgan fingerprint density at radius 3 is 2.86 bits per heavy atom. The average Bonchev–Trinajstić information content (AvgIpc) is 3.32. The van der Waals surface area contributed by atoms with Gasteiger partial charge in [0.05, 0.1) is 26.0 Å². The zero-order valence-electron chi connectivity index (χ0n) is 15.3. The van der Waals surface area contributed by atoms with Crippen LogP contribution in [0.1, 0.15) is 29.6 Å². The molecule has 0 unspecified atom stereocenters. The summed E-state index contributed by atoms with van der Waals surface area (Å²) in [6.07, 6.45) is 2.32. The number of pyridine rings is 1. The molecule has 1 aromatic carbocycles. The predicted molar refractivity (Wildman–Crippen MR) is 113 cm³/mol. The average molecular weight is 414 g/mol. The van der Waals surface area contributed by atoms with Crippen molar-refractivity contribution in [1.82, 2.24) is 15.2 Å². The van der Waals surface area contributed by atoms with Crippen LogP contribution in [0, 0.1) is 0 Å². The number of thiophene rings is 1. The number of carbonyl (C=O) groups excluding carboxylic acids is 2. The summed E-state index contributed by atoms with van der Waals surface area (Å²) < 4.78 is 0.687. The van der Waals surface area contributed by atoms with Crippen molar-refractivity contribution in [1.29, 1.82) is 0 Å². The third-order valence-corrected chi connectivity index (χ3v) is 6.10. The highest BCUT2D eigenvalue weighted by molar-refractivity contribution is 7.19. The highest BCUT2D eigenvalue weighted by Crippen LogP contribution is 2.32. The molecule has 3 aromatic rings. The molecular weight excluding hydrogens is 394 g/mol. The van der Waals surface area contributed by atoms with E-state index >= 15 is 0 Å². The molecule has 1 N–H and O–H groups in total. The van der Waals surface area contributed by atoms with E-state index in [1.807, 2.05) is 47.4 Å². The summed E-state index contributed by atoms with van der Waals surface area (Å²) in [5.74, 6) is 0.0842. The second-order valence-electron chi connectivity index (χ2n) is 6.77. The number of benzene rings is 1. The van der Waals surface area contributed by atoms with Gasteiger partial charge in [-0.2, -0.15) is 0 Å². The van der Waals surface area contributed by atoms with Crippen LogP contribution in [0.15, 0.2) is 42.5 Å². The first-order valence-corrected chi connectivity index (χ1v) is 10.5. The van der Waals surface area contributed by atoms with Gasteiger partial charge in [-0.3, -0.25) is 9.59 Å². The molecule has 144 valence electrons. The quantitative estimate of drug-likeness (QED) is 0.611. The van der Waals surface area contributed by atoms with Crippen LogP contribution in [0.25, 0.3) is 21.5 Å². The monoisotopic (exact) mass is 413 g/mol. The van der Waals surface area contributed by atoms with Crippen molar-refractivity contribution in [2.24, 2.45) is 0 Å². The summed E-state index contributed by atoms with van der Waals surface area (Å²) >= 11 is 7.50. The van der Waals surface area contributed by atoms with Gasteiger partial charge in [0, 0.05) is 31.4 Å². The zero-order valence-corrected chi connectivity index (χ0v) is 16.9. The van der Waals surface area contributed by atoms with Crippen molar-refractivity contribution in [2.45, 2.75) is 19.3 Å². The van der Waals surface area contributed by atoms with E-state index in [1.165, 1.54) is 11.3 Å². The number of para-hydroxylation sites is 1. The van der Waals surface area contributed by atoms with Gasteiger partial charge in [-0.15, -0.1) is 11.3 Å². The Labute approximate surface area is 172 Å². The first-order chi connectivity index (χ1) is 13.6. The lowest BCUT2D eigenvalue weighted by molar-refractivity contribution is -0.127. The summed E-state index contributed by atoms with van der Waals surface area (Å²) in [5.41, 5.74) is 2.11. The fourth-order valence-electron chi connectivity index (χ4n) is 3.45. The maximum atomic E-state index is 12.9. The molecule has 28 heavy (non-hydrogen) atoms. The fourth-order valence-corrected chi connectivity index (χ4v) is 4.45. The van der Waals surface area contributed by atoms with Crippen molar-refractivity contribution < 1.29 is 9.59 Å². The minimum atomic E-state index is -0.129. The van der Waals surface area contributed by atoms with E-state index in [4.69, 9.17) is 11.6 Å². The number of fused-ring (bicyclic) bond motifs is 1. The molecule has 1 aliphatic heterocycles. The number of likely N-dealkylation sites (tertiary alicyclic amines) is 1. The van der Waals surface area contributed by atoms with Gasteiger partial charge in [0.2, 0.25) is 5.91 Å². The first kappa shape index (κ1) is 18.9. The number of hydrogen-bond acceptors (Lipinski definition) is 4. The molecule has 0 saturated carbocycles. The summed E-state index contributed by atoms with van der Waals surface area (Å²) in [6, 6.07) is 13.2. The largest absolute Gasteiger partial charge is 0.352 e. The second-order valence-corrected chi connectivity index (χ2v) is 8.48. The Morgan fingerprint density at radius 2 is 2.11 bits per heavy atom. The summed E-state index contributed by atoms with van der Waals surface area (Å²) in [6.45, 7) is 2.04. The maximum Gasteiger partial charge on any atom is 0.252 e. The van der Waals surface area contributed by atoms with Crippen LogP contribution in [0.3, 0.4) is 0 Å². The molecule has 2 amide bonds. The molecule has 5 nitrogen and oxygen atoms in total. The number of rotatable bonds is 6. The van der Waals surface area contributed by atoms with Gasteiger partial charge >= 0.3 is 0 Å². The zero-order chi connectivity index (χ0) is 19.5. The lowest BCUT2D eigenvalue weighted by atomic mass is 10.1. The number of amides is 2. The van der Waals surface area contributed by atoms with Crippen LogP contribution in [0.4, 0.5) is 0 Å². The van der Waals surface area contributed by atoms with Gasteiger partial charge in [-0.25, -0.2) is 4.98 Å². The maximum absolute atomic E-state index is 12.9. The lowest BCUT2D eigenvalue weighted by Gasteiger charge is -2.15. The molecule has 3 heterocycles. The molecule has 1 aliphatic rings. The molecule has 0 aliphatic carbocycles. The molecule has 0 radical (unpaired) electrons. The second kappa shape index (κ2) is 8.29. The van der Waals surface area contributed by atoms with Crippen molar-refractivity contribution in [2.75, 3.05) is 19.6 Å². The van der Waals surface area contributed by atoms with Crippen molar-refractivity contribution in [3.05, 3.63) is 52.4 Å². The molecule has 0 atom stereocenters. The number of halogens is 1. The number of aromatic nitrogens is 1. The molecule has 7 heteroatoms. The number of nitrogens with one attached hydrogen (secondary N) is 1. The van der Waals surface area contributed by atoms with E-state index in [0.29, 0.717) is 29.4 Å². The SMILES string of the molecule is O=C(NCCCN1CCCC1=O)c1cc(-c2ccc(Cl)s2)nc2ccccc12. The predicted octanol–water partition coefficient (Wildman–Crippen LogP) is 4.36. The van der Waals surface area contributed by atoms with Gasteiger partial charge in [0.1, 0.15) is 0 Å². The minimum absolute atomic E-state index is 0.129. The smallest absolute Gasteiger partial charge is 0.252 e. The Bertz CT molecular complexity index is 1030. The van der Waals surface area contributed by atoms with Gasteiger partial charge < -0.3 is 10.2 Å². The van der Waals surface area contributed by atoms with Crippen LogP contribution < -0.4 is 5.32 Å². The van der Waals surface area contributed by atoms with E-state index in [0.717, 1.165) is 40.9 Å². The summed E-state index contributed by atoms with van der Waals surface area (Å²) in [7, 11) is 0. The first-order valence-electron chi connectivity index (χ1n) is 9.33. The normalized spacial score (nSPS) is 14.0. The summed E-state index contributed by atoms with van der Waals surface area (Å²) in [5, 5.41) is 3.81. The molecule has 1 fully saturated rings. The van der Waals surface area contributed by atoms with E-state index in [2.05, 4.69) is 10.3 Å². The minimum Gasteiger partial charge on any atom is -0.352 e. The number of carbonyl (C=O) groups is 2. The Balaban J connectivity index is 1.51. The van der Waals surface area contributed by atoms with Crippen molar-refractivity contribution in [3.8, 4) is 10.6 Å². The van der Waals surface area contributed by atoms with Crippen LogP contribution in [0.2, 0.25) is 4.34 Å². The molecule has 1 saturated heterocycles. The lowest BCUT2D eigenvalue weighted by Crippen LogP contribution is -2.30. The fraction of sp³-hybridized carbons (Fsp3) is 0.286. The van der Waals surface area contributed by atoms with E-state index < -0.39 is 0 Å². The topological polar surface area (TPSA) is 62.3 Å². The third-order valence-electron chi connectivity index (χ3n) is 4.85. The van der Waals surface area contributed by atoms with Crippen LogP contribution >= 0.6 is 22.9 Å². The van der Waals surface area contributed by atoms with E-state index in [-0.39, 0.29) is 11.8 Å². The summed E-state index contributed by atoms with van der Waals surface area (Å²) in [4.78, 5) is 32.0. The number of hydrogen-bond donors (Lipinski definition) is 1. The Morgan fingerprint density at radius 1 is 1.25 bits per heavy atom. The van der Waals surface area contributed by atoms with Crippen molar-refractivity contribution in [3.63, 3.8) is 0 Å². The van der Waals surface area contributed by atoms with Crippen LogP contribution in [-0.2, 0) is 4.79 Å². The standard InChI is InChI=1S/C21H20ClN3O2S/c22-19-9-8-18(28-19)17-13-15(14-5-1-2-6-16(14)24-17)21(27)23-10-4-12-25-11-3-7-20(25)26/h1-2,5-6,8-9,13H,3-4,7,10-12H2,(H,23,27). The van der Waals surface area contributed by atoms with Crippen LogP contribution in [0.5, 0.6) is 0 Å². The highest BCUT2D eigenvalue weighted by atomic mass is 35.5. The third kappa shape index (κ3) is 4.03. The van der Waals surface area contributed by atoms with Gasteiger partial charge in [-0.1, -0.05) is 29.8 Å². The Hall–Kier alpha value is -2.44. The molecule has 4 rings (SSSR count). The molecule has 0 bridgehead atoms. The molecular formula is C21H20ClN3O2S. The molecule has 2 aromatic heterocycles. The van der Waals surface area contributed by atoms with Gasteiger partial charge in [-0.05, 0) is 37.1 Å². The van der Waals surface area contributed by atoms with Crippen LogP contribution in [-0.4, -0.2) is 41.3 Å². The van der Waals surface area contributed by atoms with Gasteiger partial charge in [0.25, 0.3) is 5.91 Å². The van der Waals surface area contributed by atoms with E-state index in [9.17, 15) is 9.59 Å². The molecule has 0 spiro atoms. The Kier molecular flexibility index (Phi) is 5.59. The number of nitrogens with zero attached hydrogens (tertiary/aromatic N) is 2.